The molecule has 2 N–H and O–H groups in total. The van der Waals surface area contributed by atoms with Crippen molar-refractivity contribution < 1.29 is 32.3 Å². The molecule has 0 saturated carbocycles. The van der Waals surface area contributed by atoms with Gasteiger partial charge in [0.1, 0.15) is 6.04 Å². The molecule has 0 bridgehead atoms. The van der Waals surface area contributed by atoms with Crippen LogP contribution < -0.4 is 5.32 Å². The molecule has 1 aromatic carbocycles. The van der Waals surface area contributed by atoms with Crippen molar-refractivity contribution in [1.82, 2.24) is 24.5 Å². The van der Waals surface area contributed by atoms with Crippen LogP contribution in [0.1, 0.15) is 43.4 Å². The van der Waals surface area contributed by atoms with E-state index in [9.17, 15) is 27.6 Å². The number of esters is 1. The third-order valence-corrected chi connectivity index (χ3v) is 8.93. The van der Waals surface area contributed by atoms with Gasteiger partial charge in [-0.2, -0.15) is 4.31 Å². The Balaban J connectivity index is 1.37. The molecule has 39 heavy (non-hydrogen) atoms. The number of hydrogen-bond donors (Lipinski definition) is 2. The first-order valence-corrected chi connectivity index (χ1v) is 14.5. The standard InChI is InChI=1S/C26H33N5O7S/c1-38-26(35)24(33)21(10-6-5-9-19-13-27-17-28-19)29-25(34)22-12-11-20-14-30(15-23(32)31(20)22)39(36,37)16-18-7-3-2-4-8-18/h2-4,7-8,13,17,20-22H,5-6,9-12,14-16H2,1H3,(H,27,28)(H,29,34)/t20-,21?,22-/m0/s1. The molecule has 1 unspecified atom stereocenters. The van der Waals surface area contributed by atoms with Gasteiger partial charge in [-0.05, 0) is 37.7 Å². The number of hydrogen-bond acceptors (Lipinski definition) is 8. The van der Waals surface area contributed by atoms with Crippen molar-refractivity contribution in [3.8, 4) is 0 Å². The lowest BCUT2D eigenvalue weighted by Gasteiger charge is -2.38. The number of methoxy groups -OCH3 is 1. The van der Waals surface area contributed by atoms with E-state index in [0.29, 0.717) is 37.7 Å². The molecule has 0 aliphatic carbocycles. The van der Waals surface area contributed by atoms with Gasteiger partial charge in [0.25, 0.3) is 5.78 Å². The van der Waals surface area contributed by atoms with Crippen molar-refractivity contribution in [1.29, 1.82) is 0 Å². The van der Waals surface area contributed by atoms with Crippen LogP contribution >= 0.6 is 0 Å². The Kier molecular flexibility index (Phi) is 9.12. The van der Waals surface area contributed by atoms with Crippen LogP contribution in [0.3, 0.4) is 0 Å². The average Bonchev–Trinajstić information content (AvgIpc) is 3.60. The number of aryl methyl sites for hydroxylation is 1. The predicted octanol–water partition coefficient (Wildman–Crippen LogP) is 0.555. The number of nitrogens with one attached hydrogen (secondary N) is 2. The molecule has 3 atom stereocenters. The molecule has 0 radical (unpaired) electrons. The van der Waals surface area contributed by atoms with Crippen LogP contribution in [0.5, 0.6) is 0 Å². The molecule has 210 valence electrons. The number of H-pyrrole nitrogens is 1. The van der Waals surface area contributed by atoms with Gasteiger partial charge in [0.2, 0.25) is 21.8 Å². The molecule has 2 aromatic rings. The molecule has 2 saturated heterocycles. The lowest BCUT2D eigenvalue weighted by atomic mass is 10.0. The number of ether oxygens (including phenoxy) is 1. The Morgan fingerprint density at radius 2 is 1.95 bits per heavy atom. The number of ketones is 1. The molecule has 2 amide bonds. The number of nitrogens with zero attached hydrogens (tertiary/aromatic N) is 3. The fourth-order valence-electron chi connectivity index (χ4n) is 5.18. The van der Waals surface area contributed by atoms with E-state index in [-0.39, 0.29) is 25.3 Å². The molecule has 3 heterocycles. The topological polar surface area (TPSA) is 159 Å². The van der Waals surface area contributed by atoms with E-state index in [4.69, 9.17) is 0 Å². The number of amides is 2. The minimum atomic E-state index is -3.73. The molecular weight excluding hydrogens is 526 g/mol. The highest BCUT2D eigenvalue weighted by molar-refractivity contribution is 7.88. The number of carbonyl (C=O) groups excluding carboxylic acids is 4. The molecule has 12 nitrogen and oxygen atoms in total. The number of piperazine rings is 1. The zero-order valence-corrected chi connectivity index (χ0v) is 22.6. The summed E-state index contributed by atoms with van der Waals surface area (Å²) in [5.74, 6) is -3.12. The van der Waals surface area contributed by atoms with E-state index in [1.807, 2.05) is 0 Å². The summed E-state index contributed by atoms with van der Waals surface area (Å²) in [6.07, 6.45) is 6.23. The van der Waals surface area contributed by atoms with Gasteiger partial charge in [-0.15, -0.1) is 0 Å². The van der Waals surface area contributed by atoms with Crippen LogP contribution in [0.15, 0.2) is 42.9 Å². The van der Waals surface area contributed by atoms with Gasteiger partial charge >= 0.3 is 5.97 Å². The summed E-state index contributed by atoms with van der Waals surface area (Å²) in [5, 5.41) is 2.66. The zero-order valence-electron chi connectivity index (χ0n) is 21.7. The Morgan fingerprint density at radius 1 is 1.18 bits per heavy atom. The fourth-order valence-corrected chi connectivity index (χ4v) is 6.68. The van der Waals surface area contributed by atoms with Crippen LogP contribution in [0.4, 0.5) is 0 Å². The van der Waals surface area contributed by atoms with Gasteiger partial charge in [-0.3, -0.25) is 14.4 Å². The number of benzene rings is 1. The summed E-state index contributed by atoms with van der Waals surface area (Å²) >= 11 is 0. The largest absolute Gasteiger partial charge is 0.463 e. The number of carbonyl (C=O) groups is 4. The second-order valence-electron chi connectivity index (χ2n) is 9.82. The molecule has 2 aliphatic heterocycles. The summed E-state index contributed by atoms with van der Waals surface area (Å²) in [5.41, 5.74) is 1.57. The van der Waals surface area contributed by atoms with Gasteiger partial charge in [-0.25, -0.2) is 18.2 Å². The first kappa shape index (κ1) is 28.4. The van der Waals surface area contributed by atoms with E-state index in [1.165, 1.54) is 9.21 Å². The highest BCUT2D eigenvalue weighted by Gasteiger charge is 2.47. The summed E-state index contributed by atoms with van der Waals surface area (Å²) in [6, 6.07) is 6.36. The number of sulfonamides is 1. The number of fused-ring (bicyclic) bond motifs is 1. The van der Waals surface area contributed by atoms with Gasteiger partial charge in [0.05, 0.1) is 31.8 Å². The first-order chi connectivity index (χ1) is 18.7. The van der Waals surface area contributed by atoms with E-state index in [0.717, 1.165) is 12.8 Å². The van der Waals surface area contributed by atoms with Crippen LogP contribution in [0.25, 0.3) is 0 Å². The predicted molar refractivity (Wildman–Crippen MR) is 139 cm³/mol. The lowest BCUT2D eigenvalue weighted by Crippen LogP contribution is -2.60. The molecule has 2 aliphatic rings. The Labute approximate surface area is 227 Å². The second-order valence-corrected chi connectivity index (χ2v) is 11.8. The minimum absolute atomic E-state index is 0.100. The van der Waals surface area contributed by atoms with Crippen molar-refractivity contribution in [2.75, 3.05) is 20.2 Å². The van der Waals surface area contributed by atoms with E-state index >= 15 is 0 Å². The van der Waals surface area contributed by atoms with Crippen LogP contribution in [-0.2, 0) is 46.1 Å². The number of imidazole rings is 1. The third kappa shape index (κ3) is 6.90. The van der Waals surface area contributed by atoms with Gasteiger partial charge in [0, 0.05) is 24.5 Å². The molecular formula is C26H33N5O7S. The smallest absolute Gasteiger partial charge is 0.376 e. The number of unbranched alkanes of at least 4 members (excludes halogenated alkanes) is 1. The van der Waals surface area contributed by atoms with Crippen molar-refractivity contribution in [3.05, 3.63) is 54.1 Å². The quantitative estimate of drug-likeness (QED) is 0.217. The summed E-state index contributed by atoms with van der Waals surface area (Å²) in [7, 11) is -2.63. The van der Waals surface area contributed by atoms with Crippen LogP contribution in [0.2, 0.25) is 0 Å². The highest BCUT2D eigenvalue weighted by atomic mass is 32.2. The number of aromatic nitrogens is 2. The van der Waals surface area contributed by atoms with Gasteiger partial charge in [-0.1, -0.05) is 36.8 Å². The van der Waals surface area contributed by atoms with Gasteiger partial charge in [0.15, 0.2) is 0 Å². The summed E-state index contributed by atoms with van der Waals surface area (Å²) < 4.78 is 31.8. The molecule has 13 heteroatoms. The van der Waals surface area contributed by atoms with Crippen LogP contribution in [-0.4, -0.2) is 89.5 Å². The maximum atomic E-state index is 13.3. The van der Waals surface area contributed by atoms with Crippen molar-refractivity contribution in [2.45, 2.75) is 62.4 Å². The zero-order chi connectivity index (χ0) is 28.0. The first-order valence-electron chi connectivity index (χ1n) is 12.9. The average molecular weight is 560 g/mol. The number of aromatic amines is 1. The van der Waals surface area contributed by atoms with E-state index < -0.39 is 51.7 Å². The third-order valence-electron chi connectivity index (χ3n) is 7.17. The SMILES string of the molecule is COC(=O)C(=O)C(CCCCc1cnc[nH]1)NC(=O)[C@@H]1CC[C@H]2CN(S(=O)(=O)Cc3ccccc3)CC(=O)N21. The number of rotatable bonds is 12. The Morgan fingerprint density at radius 3 is 2.64 bits per heavy atom. The fraction of sp³-hybridized carbons (Fsp3) is 0.500. The van der Waals surface area contributed by atoms with Crippen molar-refractivity contribution in [3.63, 3.8) is 0 Å². The minimum Gasteiger partial charge on any atom is -0.463 e. The monoisotopic (exact) mass is 559 g/mol. The second kappa shape index (κ2) is 12.5. The van der Waals surface area contributed by atoms with E-state index in [2.05, 4.69) is 20.0 Å². The summed E-state index contributed by atoms with van der Waals surface area (Å²) in [6.45, 7) is -0.254. The maximum Gasteiger partial charge on any atom is 0.376 e. The Hall–Kier alpha value is -3.58. The normalized spacial score (nSPS) is 20.3. The Bertz CT molecular complexity index is 1280. The molecule has 4 rings (SSSR count). The lowest BCUT2D eigenvalue weighted by molar-refractivity contribution is -0.153. The highest BCUT2D eigenvalue weighted by Crippen LogP contribution is 2.30. The van der Waals surface area contributed by atoms with Crippen molar-refractivity contribution >= 4 is 33.6 Å². The van der Waals surface area contributed by atoms with Crippen LogP contribution in [0, 0.1) is 0 Å². The van der Waals surface area contributed by atoms with E-state index in [1.54, 1.807) is 42.9 Å². The molecule has 1 aromatic heterocycles. The molecule has 2 fully saturated rings. The maximum absolute atomic E-state index is 13.3. The number of Topliss-reactive ketones (excluding diaryl/α,β-unsaturated/α-hetero) is 1. The molecule has 0 spiro atoms. The van der Waals surface area contributed by atoms with Gasteiger partial charge < -0.3 is 19.9 Å². The summed E-state index contributed by atoms with van der Waals surface area (Å²) in [4.78, 5) is 59.3. The van der Waals surface area contributed by atoms with Crippen molar-refractivity contribution in [2.24, 2.45) is 0 Å².